The molecule has 1 aromatic heterocycles. The Morgan fingerprint density at radius 3 is 2.81 bits per heavy atom. The number of rotatable bonds is 5. The van der Waals surface area contributed by atoms with Crippen molar-refractivity contribution >= 4 is 5.91 Å². The minimum Gasteiger partial charge on any atom is -0.491 e. The van der Waals surface area contributed by atoms with Gasteiger partial charge < -0.3 is 14.1 Å². The van der Waals surface area contributed by atoms with Crippen LogP contribution in [0.3, 0.4) is 0 Å². The summed E-state index contributed by atoms with van der Waals surface area (Å²) in [5, 5.41) is 0. The van der Waals surface area contributed by atoms with Crippen LogP contribution in [-0.2, 0) is 6.54 Å². The second kappa shape index (κ2) is 6.43. The van der Waals surface area contributed by atoms with Crippen LogP contribution in [0.15, 0.2) is 35.1 Å². The molecule has 0 bridgehead atoms. The Bertz CT molecular complexity index is 619. The molecule has 1 heterocycles. The number of ether oxygens (including phenoxy) is 1. The molecule has 5 heteroatoms. The third-order valence-corrected chi connectivity index (χ3v) is 2.98. The van der Waals surface area contributed by atoms with Gasteiger partial charge in [0.2, 0.25) is 0 Å². The number of hydrogen-bond acceptors (Lipinski definition) is 4. The summed E-state index contributed by atoms with van der Waals surface area (Å²) in [6.07, 6.45) is 1.41. The molecule has 5 nitrogen and oxygen atoms in total. The van der Waals surface area contributed by atoms with E-state index in [-0.39, 0.29) is 12.0 Å². The van der Waals surface area contributed by atoms with Crippen molar-refractivity contribution in [3.05, 3.63) is 47.7 Å². The molecule has 2 aromatic rings. The van der Waals surface area contributed by atoms with Gasteiger partial charge in [0.1, 0.15) is 11.5 Å². The summed E-state index contributed by atoms with van der Waals surface area (Å²) in [6.45, 7) is 6.18. The molecule has 0 saturated heterocycles. The number of nitrogens with zero attached hydrogens (tertiary/aromatic N) is 2. The van der Waals surface area contributed by atoms with E-state index in [0.29, 0.717) is 18.0 Å². The van der Waals surface area contributed by atoms with E-state index in [1.165, 1.54) is 6.39 Å². The highest BCUT2D eigenvalue weighted by Gasteiger charge is 2.18. The van der Waals surface area contributed by atoms with Crippen LogP contribution in [0.1, 0.15) is 35.7 Å². The molecule has 0 atom stereocenters. The molecule has 21 heavy (non-hydrogen) atoms. The Morgan fingerprint density at radius 1 is 1.43 bits per heavy atom. The Kier molecular flexibility index (Phi) is 4.62. The van der Waals surface area contributed by atoms with Crippen molar-refractivity contribution in [3.63, 3.8) is 0 Å². The van der Waals surface area contributed by atoms with Crippen molar-refractivity contribution in [2.45, 2.75) is 33.4 Å². The number of oxazole rings is 1. The summed E-state index contributed by atoms with van der Waals surface area (Å²) in [5.74, 6) is 1.18. The number of aryl methyl sites for hydroxylation is 1. The Hall–Kier alpha value is -2.30. The molecule has 1 aromatic carbocycles. The third kappa shape index (κ3) is 3.84. The lowest BCUT2D eigenvalue weighted by Crippen LogP contribution is -2.27. The van der Waals surface area contributed by atoms with E-state index in [0.717, 1.165) is 11.3 Å². The first-order valence-electron chi connectivity index (χ1n) is 6.88. The van der Waals surface area contributed by atoms with Crippen molar-refractivity contribution in [2.24, 2.45) is 0 Å². The number of amides is 1. The van der Waals surface area contributed by atoms with E-state index in [2.05, 4.69) is 4.98 Å². The van der Waals surface area contributed by atoms with E-state index >= 15 is 0 Å². The Labute approximate surface area is 124 Å². The Morgan fingerprint density at radius 2 is 2.19 bits per heavy atom. The van der Waals surface area contributed by atoms with E-state index in [1.54, 1.807) is 18.9 Å². The average Bonchev–Trinajstić information content (AvgIpc) is 2.83. The Balaban J connectivity index is 2.07. The van der Waals surface area contributed by atoms with Crippen LogP contribution >= 0.6 is 0 Å². The van der Waals surface area contributed by atoms with Gasteiger partial charge in [-0.05, 0) is 38.5 Å². The lowest BCUT2D eigenvalue weighted by molar-refractivity contribution is 0.0778. The van der Waals surface area contributed by atoms with Gasteiger partial charge in [0, 0.05) is 13.6 Å². The van der Waals surface area contributed by atoms with Gasteiger partial charge in [-0.3, -0.25) is 4.79 Å². The molecular weight excluding hydrogens is 268 g/mol. The zero-order valence-corrected chi connectivity index (χ0v) is 12.8. The smallest absolute Gasteiger partial charge is 0.276 e. The zero-order valence-electron chi connectivity index (χ0n) is 12.8. The van der Waals surface area contributed by atoms with Gasteiger partial charge in [0.15, 0.2) is 12.1 Å². The van der Waals surface area contributed by atoms with Crippen molar-refractivity contribution in [3.8, 4) is 5.75 Å². The highest BCUT2D eigenvalue weighted by atomic mass is 16.5. The molecule has 0 radical (unpaired) electrons. The largest absolute Gasteiger partial charge is 0.491 e. The number of benzene rings is 1. The van der Waals surface area contributed by atoms with Crippen LogP contribution in [0.25, 0.3) is 0 Å². The van der Waals surface area contributed by atoms with Crippen LogP contribution < -0.4 is 4.74 Å². The fraction of sp³-hybridized carbons (Fsp3) is 0.375. The van der Waals surface area contributed by atoms with E-state index in [9.17, 15) is 4.79 Å². The van der Waals surface area contributed by atoms with Gasteiger partial charge in [-0.2, -0.15) is 0 Å². The topological polar surface area (TPSA) is 55.6 Å². The minimum absolute atomic E-state index is 0.123. The lowest BCUT2D eigenvalue weighted by atomic mass is 10.2. The lowest BCUT2D eigenvalue weighted by Gasteiger charge is -2.17. The molecular formula is C16H20N2O3. The maximum absolute atomic E-state index is 12.3. The molecule has 112 valence electrons. The average molecular weight is 288 g/mol. The quantitative estimate of drug-likeness (QED) is 0.848. The molecule has 0 spiro atoms. The summed E-state index contributed by atoms with van der Waals surface area (Å²) in [6, 6.07) is 7.74. The fourth-order valence-electron chi connectivity index (χ4n) is 2.03. The van der Waals surface area contributed by atoms with Crippen molar-refractivity contribution in [1.29, 1.82) is 0 Å². The third-order valence-electron chi connectivity index (χ3n) is 2.98. The molecule has 0 aliphatic rings. The molecule has 0 fully saturated rings. The van der Waals surface area contributed by atoms with E-state index in [4.69, 9.17) is 9.15 Å². The zero-order chi connectivity index (χ0) is 15.4. The normalized spacial score (nSPS) is 10.7. The van der Waals surface area contributed by atoms with Gasteiger partial charge in [0.25, 0.3) is 5.91 Å². The number of carbonyl (C=O) groups excluding carboxylic acids is 1. The summed E-state index contributed by atoms with van der Waals surface area (Å²) in [7, 11) is 1.74. The first-order chi connectivity index (χ1) is 9.97. The maximum Gasteiger partial charge on any atom is 0.276 e. The van der Waals surface area contributed by atoms with E-state index < -0.39 is 0 Å². The molecule has 0 N–H and O–H groups in total. The van der Waals surface area contributed by atoms with Gasteiger partial charge in [-0.15, -0.1) is 0 Å². The van der Waals surface area contributed by atoms with Crippen LogP contribution in [0.4, 0.5) is 0 Å². The summed E-state index contributed by atoms with van der Waals surface area (Å²) >= 11 is 0. The first kappa shape index (κ1) is 15.1. The molecule has 0 saturated carbocycles. The molecule has 0 aliphatic heterocycles. The molecule has 0 unspecified atom stereocenters. The molecule has 2 rings (SSSR count). The molecule has 1 amide bonds. The highest BCUT2D eigenvalue weighted by molar-refractivity contribution is 5.92. The molecule has 0 aliphatic carbocycles. The van der Waals surface area contributed by atoms with E-state index in [1.807, 2.05) is 38.1 Å². The summed E-state index contributed by atoms with van der Waals surface area (Å²) in [5.41, 5.74) is 1.36. The predicted molar refractivity (Wildman–Crippen MR) is 79.2 cm³/mol. The second-order valence-corrected chi connectivity index (χ2v) is 5.23. The highest BCUT2D eigenvalue weighted by Crippen LogP contribution is 2.17. The van der Waals surface area contributed by atoms with Crippen LogP contribution in [0, 0.1) is 6.92 Å². The standard InChI is InChI=1S/C16H20N2O3/c1-11(2)21-14-7-5-6-13(8-14)9-18(4)16(19)15-12(3)20-10-17-15/h5-8,10-11H,9H2,1-4H3. The van der Waals surface area contributed by atoms with Crippen LogP contribution in [-0.4, -0.2) is 28.9 Å². The van der Waals surface area contributed by atoms with Crippen molar-refractivity contribution in [1.82, 2.24) is 9.88 Å². The second-order valence-electron chi connectivity index (χ2n) is 5.23. The van der Waals surface area contributed by atoms with Crippen LogP contribution in [0.5, 0.6) is 5.75 Å². The van der Waals surface area contributed by atoms with Crippen molar-refractivity contribution in [2.75, 3.05) is 7.05 Å². The maximum atomic E-state index is 12.3. The van der Waals surface area contributed by atoms with Gasteiger partial charge >= 0.3 is 0 Å². The summed E-state index contributed by atoms with van der Waals surface area (Å²) in [4.78, 5) is 17.8. The van der Waals surface area contributed by atoms with Crippen LogP contribution in [0.2, 0.25) is 0 Å². The fourth-order valence-corrected chi connectivity index (χ4v) is 2.03. The van der Waals surface area contributed by atoms with Gasteiger partial charge in [0.05, 0.1) is 6.10 Å². The minimum atomic E-state index is -0.156. The van der Waals surface area contributed by atoms with Gasteiger partial charge in [-0.1, -0.05) is 12.1 Å². The summed E-state index contributed by atoms with van der Waals surface area (Å²) < 4.78 is 10.7. The number of hydrogen-bond donors (Lipinski definition) is 0. The monoisotopic (exact) mass is 288 g/mol. The number of aromatic nitrogens is 1. The SMILES string of the molecule is Cc1ocnc1C(=O)N(C)Cc1cccc(OC(C)C)c1. The van der Waals surface area contributed by atoms with Gasteiger partial charge in [-0.25, -0.2) is 4.98 Å². The predicted octanol–water partition coefficient (Wildman–Crippen LogP) is 3.04. The van der Waals surface area contributed by atoms with Crippen molar-refractivity contribution < 1.29 is 13.9 Å². The first-order valence-corrected chi connectivity index (χ1v) is 6.88. The number of carbonyl (C=O) groups is 1.